The SMILES string of the molecule is [2H]B(O)OB(O)c1ccccc1. The molecule has 0 aliphatic carbocycles. The monoisotopic (exact) mass is 151 g/mol. The summed E-state index contributed by atoms with van der Waals surface area (Å²) in [5.74, 6) is 0. The molecule has 0 atom stereocenters. The Bertz CT molecular complexity index is 231. The number of rotatable bonds is 3. The van der Waals surface area contributed by atoms with Crippen LogP contribution in [0.2, 0.25) is 0 Å². The summed E-state index contributed by atoms with van der Waals surface area (Å²) in [6, 6.07) is 8.56. The molecule has 1 aromatic rings. The van der Waals surface area contributed by atoms with E-state index in [-0.39, 0.29) is 0 Å². The van der Waals surface area contributed by atoms with E-state index in [9.17, 15) is 5.02 Å². The predicted molar refractivity (Wildman–Crippen MR) is 44.5 cm³/mol. The minimum absolute atomic E-state index is 0.517. The van der Waals surface area contributed by atoms with Crippen molar-refractivity contribution in [3.05, 3.63) is 30.3 Å². The van der Waals surface area contributed by atoms with Gasteiger partial charge in [-0.2, -0.15) is 0 Å². The van der Waals surface area contributed by atoms with Gasteiger partial charge in [-0.05, 0) is 5.46 Å². The fraction of sp³-hybridized carbons (Fsp3) is 0. The van der Waals surface area contributed by atoms with Gasteiger partial charge in [0.1, 0.15) is 0 Å². The molecule has 1 aromatic carbocycles. The van der Waals surface area contributed by atoms with Crippen LogP contribution in [0.15, 0.2) is 30.3 Å². The molecule has 0 fully saturated rings. The predicted octanol–water partition coefficient (Wildman–Crippen LogP) is -1.35. The average Bonchev–Trinajstić information content (AvgIpc) is 2.05. The van der Waals surface area contributed by atoms with Gasteiger partial charge in [0.05, 0.1) is 0 Å². The zero-order valence-electron chi connectivity index (χ0n) is 6.84. The van der Waals surface area contributed by atoms with E-state index in [0.29, 0.717) is 5.46 Å². The van der Waals surface area contributed by atoms with Gasteiger partial charge < -0.3 is 14.6 Å². The molecule has 0 saturated carbocycles. The van der Waals surface area contributed by atoms with E-state index in [1.807, 2.05) is 0 Å². The highest BCUT2D eigenvalue weighted by Gasteiger charge is 2.14. The first kappa shape index (κ1) is 6.91. The molecule has 11 heavy (non-hydrogen) atoms. The van der Waals surface area contributed by atoms with Crippen LogP contribution >= 0.6 is 0 Å². The van der Waals surface area contributed by atoms with Crippen molar-refractivity contribution < 1.29 is 14.6 Å². The van der Waals surface area contributed by atoms with Crippen molar-refractivity contribution in [2.24, 2.45) is 0 Å². The highest BCUT2D eigenvalue weighted by atomic mass is 16.5. The summed E-state index contributed by atoms with van der Waals surface area (Å²) in [5.41, 5.74) is 0.517. The van der Waals surface area contributed by atoms with Gasteiger partial charge in [-0.3, -0.25) is 0 Å². The molecule has 2 N–H and O–H groups in total. The molecule has 3 nitrogen and oxygen atoms in total. The zero-order chi connectivity index (χ0) is 8.97. The molecule has 56 valence electrons. The Kier molecular flexibility index (Phi) is 2.63. The number of benzene rings is 1. The van der Waals surface area contributed by atoms with Crippen molar-refractivity contribution >= 4 is 20.2 Å². The number of hydrogen-bond acceptors (Lipinski definition) is 3. The van der Waals surface area contributed by atoms with Crippen LogP contribution in [0.1, 0.15) is 0 Å². The second kappa shape index (κ2) is 4.18. The first-order valence-electron chi connectivity index (χ1n) is 3.76. The molecule has 0 aliphatic heterocycles. The molecule has 0 bridgehead atoms. The van der Waals surface area contributed by atoms with Crippen LogP contribution in [0.5, 0.6) is 0 Å². The topological polar surface area (TPSA) is 49.7 Å². The van der Waals surface area contributed by atoms with Crippen LogP contribution in [-0.4, -0.2) is 26.2 Å². The quantitative estimate of drug-likeness (QED) is 0.524. The molecule has 0 unspecified atom stereocenters. The zero-order valence-corrected chi connectivity index (χ0v) is 5.84. The maximum Gasteiger partial charge on any atom is 0.477 e. The minimum Gasteiger partial charge on any atom is -0.450 e. The summed E-state index contributed by atoms with van der Waals surface area (Å²) >= 11 is 0. The van der Waals surface area contributed by atoms with E-state index in [0.717, 1.165) is 0 Å². The maximum atomic E-state index is 9.19. The largest absolute Gasteiger partial charge is 0.477 e. The van der Waals surface area contributed by atoms with E-state index in [4.69, 9.17) is 6.36 Å². The Morgan fingerprint density at radius 2 is 2.09 bits per heavy atom. The van der Waals surface area contributed by atoms with Crippen molar-refractivity contribution in [3.63, 3.8) is 0 Å². The van der Waals surface area contributed by atoms with Crippen LogP contribution in [0.4, 0.5) is 0 Å². The van der Waals surface area contributed by atoms with Gasteiger partial charge in [-0.1, -0.05) is 30.3 Å². The molecule has 0 saturated heterocycles. The molecule has 0 aliphatic rings. The lowest BCUT2D eigenvalue weighted by Crippen LogP contribution is -2.34. The van der Waals surface area contributed by atoms with E-state index in [1.54, 1.807) is 30.3 Å². The summed E-state index contributed by atoms with van der Waals surface area (Å²) in [5, 5.41) is 17.7. The van der Waals surface area contributed by atoms with Gasteiger partial charge in [-0.15, -0.1) is 0 Å². The van der Waals surface area contributed by atoms with Crippen LogP contribution in [0.25, 0.3) is 0 Å². The molecule has 1 rings (SSSR count). The van der Waals surface area contributed by atoms with Crippen molar-refractivity contribution in [1.82, 2.24) is 0 Å². The average molecular weight is 151 g/mol. The highest BCUT2D eigenvalue weighted by Crippen LogP contribution is 1.85. The lowest BCUT2D eigenvalue weighted by atomic mass is 9.78. The van der Waals surface area contributed by atoms with Crippen LogP contribution in [-0.2, 0) is 4.57 Å². The lowest BCUT2D eigenvalue weighted by Gasteiger charge is -2.03. The fourth-order valence-electron chi connectivity index (χ4n) is 0.754. The summed E-state index contributed by atoms with van der Waals surface area (Å²) in [7, 11) is -2.95. The lowest BCUT2D eigenvalue weighted by molar-refractivity contribution is 0.393. The molecule has 0 radical (unpaired) electrons. The summed E-state index contributed by atoms with van der Waals surface area (Å²) in [6.45, 7) is 0. The third-order valence-corrected chi connectivity index (χ3v) is 1.27. The minimum atomic E-state index is -1.71. The van der Waals surface area contributed by atoms with Crippen LogP contribution in [0.3, 0.4) is 0 Å². The first-order chi connectivity index (χ1) is 5.70. The molecule has 0 amide bonds. The van der Waals surface area contributed by atoms with Crippen molar-refractivity contribution in [1.29, 1.82) is 1.34 Å². The molecular weight excluding hydrogens is 142 g/mol. The van der Waals surface area contributed by atoms with Gasteiger partial charge in [0.15, 0.2) is 0 Å². The van der Waals surface area contributed by atoms with Crippen LogP contribution < -0.4 is 5.46 Å². The molecule has 0 aromatic heterocycles. The van der Waals surface area contributed by atoms with E-state index in [2.05, 4.69) is 4.57 Å². The molecule has 0 spiro atoms. The van der Waals surface area contributed by atoms with Gasteiger partial charge in [0.2, 0.25) is 0 Å². The van der Waals surface area contributed by atoms with Crippen molar-refractivity contribution in [2.45, 2.75) is 0 Å². The Morgan fingerprint density at radius 3 is 2.64 bits per heavy atom. The summed E-state index contributed by atoms with van der Waals surface area (Å²) < 4.78 is 11.0. The Hall–Kier alpha value is -0.770. The highest BCUT2D eigenvalue weighted by molar-refractivity contribution is 6.63. The van der Waals surface area contributed by atoms with Crippen molar-refractivity contribution in [2.75, 3.05) is 0 Å². The smallest absolute Gasteiger partial charge is 0.450 e. The van der Waals surface area contributed by atoms with Gasteiger partial charge >= 0.3 is 14.8 Å². The summed E-state index contributed by atoms with van der Waals surface area (Å²) in [4.78, 5) is 0. The molecule has 5 heteroatoms. The third kappa shape index (κ3) is 2.38. The van der Waals surface area contributed by atoms with Gasteiger partial charge in [0.25, 0.3) is 0 Å². The first-order valence-corrected chi connectivity index (χ1v) is 3.19. The standard InChI is InChI=1S/C6H8B2O3/c9-7-11-8(10)6-4-2-1-3-5-6/h1-5,7,9-10H/i7D. The summed E-state index contributed by atoms with van der Waals surface area (Å²) in [6.07, 6.45) is 0. The maximum absolute atomic E-state index is 9.19. The van der Waals surface area contributed by atoms with Crippen molar-refractivity contribution in [3.8, 4) is 0 Å². The van der Waals surface area contributed by atoms with Gasteiger partial charge in [0, 0.05) is 1.34 Å². The Balaban J connectivity index is 2.59. The molecular formula is C6H8B2O3. The van der Waals surface area contributed by atoms with Crippen LogP contribution in [0, 0.1) is 0 Å². The van der Waals surface area contributed by atoms with Gasteiger partial charge in [-0.25, -0.2) is 0 Å². The van der Waals surface area contributed by atoms with E-state index >= 15 is 0 Å². The Morgan fingerprint density at radius 1 is 1.45 bits per heavy atom. The van der Waals surface area contributed by atoms with E-state index in [1.165, 1.54) is 0 Å². The second-order valence-electron chi connectivity index (χ2n) is 2.00. The molecule has 0 heterocycles. The normalized spacial score (nSPS) is 10.5. The second-order valence-corrected chi connectivity index (χ2v) is 2.00. The number of hydrogen-bond donors (Lipinski definition) is 2. The third-order valence-electron chi connectivity index (χ3n) is 1.27. The van der Waals surface area contributed by atoms with E-state index < -0.39 is 14.8 Å². The Labute approximate surface area is 67.4 Å². The fourth-order valence-corrected chi connectivity index (χ4v) is 0.754.